The molecule has 0 aromatic heterocycles. The van der Waals surface area contributed by atoms with E-state index >= 15 is 0 Å². The van der Waals surface area contributed by atoms with Crippen molar-refractivity contribution < 1.29 is 13.9 Å². The first-order valence-electron chi connectivity index (χ1n) is 9.64. The molecule has 3 aromatic rings. The molecule has 0 unspecified atom stereocenters. The van der Waals surface area contributed by atoms with Crippen LogP contribution in [0.3, 0.4) is 0 Å². The number of hydrogen-bond donors (Lipinski definition) is 1. The molecule has 29 heavy (non-hydrogen) atoms. The second-order valence-electron chi connectivity index (χ2n) is 6.83. The highest BCUT2D eigenvalue weighted by Crippen LogP contribution is 2.34. The summed E-state index contributed by atoms with van der Waals surface area (Å²) >= 11 is 3.64. The number of rotatable bonds is 9. The van der Waals surface area contributed by atoms with Crippen molar-refractivity contribution in [2.75, 3.05) is 6.61 Å². The molecule has 0 spiro atoms. The number of ether oxygens (including phenoxy) is 2. The number of hydrogen-bond acceptors (Lipinski definition) is 3. The predicted molar refractivity (Wildman–Crippen MR) is 118 cm³/mol. The van der Waals surface area contributed by atoms with Gasteiger partial charge in [0.05, 0.1) is 6.61 Å². The standard InChI is InChI=1S/C24H25BrFNO2/c1-3-28-23-12-20(15-27-14-18-7-9-21(26)10-8-18)22(25)13-24(23)29-16-19-6-4-5-17(2)11-19/h4-13,27H,3,14-16H2,1-2H3. The Bertz CT molecular complexity index is 944. The summed E-state index contributed by atoms with van der Waals surface area (Å²) in [6, 6.07) is 18.7. The summed E-state index contributed by atoms with van der Waals surface area (Å²) in [4.78, 5) is 0. The number of nitrogens with one attached hydrogen (secondary N) is 1. The van der Waals surface area contributed by atoms with Crippen molar-refractivity contribution in [2.45, 2.75) is 33.5 Å². The van der Waals surface area contributed by atoms with Gasteiger partial charge in [-0.2, -0.15) is 0 Å². The third-order valence-electron chi connectivity index (χ3n) is 4.45. The molecule has 3 aromatic carbocycles. The van der Waals surface area contributed by atoms with Gasteiger partial charge in [0.2, 0.25) is 0 Å². The van der Waals surface area contributed by atoms with Gasteiger partial charge in [0.15, 0.2) is 11.5 Å². The second kappa shape index (κ2) is 10.4. The fraction of sp³-hybridized carbons (Fsp3) is 0.250. The van der Waals surface area contributed by atoms with E-state index in [0.717, 1.165) is 26.9 Å². The maximum atomic E-state index is 13.0. The first-order chi connectivity index (χ1) is 14.0. The molecule has 0 saturated carbocycles. The summed E-state index contributed by atoms with van der Waals surface area (Å²) in [7, 11) is 0. The molecule has 0 amide bonds. The van der Waals surface area contributed by atoms with Crippen LogP contribution >= 0.6 is 15.9 Å². The minimum Gasteiger partial charge on any atom is -0.490 e. The van der Waals surface area contributed by atoms with Gasteiger partial charge < -0.3 is 14.8 Å². The number of halogens is 2. The van der Waals surface area contributed by atoms with Gasteiger partial charge in [0, 0.05) is 17.6 Å². The minimum absolute atomic E-state index is 0.223. The zero-order valence-corrected chi connectivity index (χ0v) is 18.3. The third kappa shape index (κ3) is 6.31. The first kappa shape index (κ1) is 21.3. The van der Waals surface area contributed by atoms with Crippen molar-refractivity contribution in [3.05, 3.63) is 93.2 Å². The lowest BCUT2D eigenvalue weighted by molar-refractivity contribution is 0.268. The highest BCUT2D eigenvalue weighted by atomic mass is 79.9. The molecule has 0 heterocycles. The van der Waals surface area contributed by atoms with Crippen LogP contribution in [0.25, 0.3) is 0 Å². The van der Waals surface area contributed by atoms with Crippen LogP contribution < -0.4 is 14.8 Å². The van der Waals surface area contributed by atoms with E-state index in [1.807, 2.05) is 25.1 Å². The van der Waals surface area contributed by atoms with Gasteiger partial charge in [-0.25, -0.2) is 4.39 Å². The molecule has 0 bridgehead atoms. The smallest absolute Gasteiger partial charge is 0.162 e. The van der Waals surface area contributed by atoms with E-state index in [9.17, 15) is 4.39 Å². The van der Waals surface area contributed by atoms with E-state index in [-0.39, 0.29) is 5.82 Å². The maximum absolute atomic E-state index is 13.0. The molecule has 152 valence electrons. The van der Waals surface area contributed by atoms with E-state index in [1.165, 1.54) is 17.7 Å². The molecule has 0 fully saturated rings. The molecule has 0 aliphatic heterocycles. The SMILES string of the molecule is CCOc1cc(CNCc2ccc(F)cc2)c(Br)cc1OCc1cccc(C)c1. The molecular formula is C24H25BrFNO2. The molecular weight excluding hydrogens is 433 g/mol. The molecule has 0 aliphatic rings. The summed E-state index contributed by atoms with van der Waals surface area (Å²) in [5.41, 5.74) is 4.43. The van der Waals surface area contributed by atoms with E-state index in [1.54, 1.807) is 12.1 Å². The number of benzene rings is 3. The fourth-order valence-electron chi connectivity index (χ4n) is 3.00. The van der Waals surface area contributed by atoms with E-state index < -0.39 is 0 Å². The third-order valence-corrected chi connectivity index (χ3v) is 5.19. The van der Waals surface area contributed by atoms with Crippen molar-refractivity contribution in [1.29, 1.82) is 0 Å². The van der Waals surface area contributed by atoms with E-state index in [0.29, 0.717) is 32.1 Å². The Hall–Kier alpha value is -2.37. The van der Waals surface area contributed by atoms with Crippen molar-refractivity contribution >= 4 is 15.9 Å². The van der Waals surface area contributed by atoms with Crippen LogP contribution in [0.1, 0.15) is 29.2 Å². The topological polar surface area (TPSA) is 30.5 Å². The quantitative estimate of drug-likeness (QED) is 0.417. The van der Waals surface area contributed by atoms with Crippen molar-refractivity contribution in [3.8, 4) is 11.5 Å². The molecule has 1 N–H and O–H groups in total. The molecule has 0 aliphatic carbocycles. The summed E-state index contributed by atoms with van der Waals surface area (Å²) in [5.74, 6) is 1.21. The Morgan fingerprint density at radius 2 is 1.66 bits per heavy atom. The summed E-state index contributed by atoms with van der Waals surface area (Å²) in [6.45, 7) is 6.37. The van der Waals surface area contributed by atoms with Crippen molar-refractivity contribution in [1.82, 2.24) is 5.32 Å². The molecule has 5 heteroatoms. The van der Waals surface area contributed by atoms with E-state index in [4.69, 9.17) is 9.47 Å². The lowest BCUT2D eigenvalue weighted by Crippen LogP contribution is -2.13. The van der Waals surface area contributed by atoms with E-state index in [2.05, 4.69) is 46.4 Å². The average Bonchev–Trinajstić information content (AvgIpc) is 2.70. The predicted octanol–water partition coefficient (Wildman–Crippen LogP) is 6.16. The van der Waals surface area contributed by atoms with Crippen LogP contribution in [-0.4, -0.2) is 6.61 Å². The summed E-state index contributed by atoms with van der Waals surface area (Å²) < 4.78 is 25.8. The van der Waals surface area contributed by atoms with Crippen molar-refractivity contribution in [3.63, 3.8) is 0 Å². The lowest BCUT2D eigenvalue weighted by Gasteiger charge is -2.16. The highest BCUT2D eigenvalue weighted by Gasteiger charge is 2.11. The molecule has 3 rings (SSSR count). The normalized spacial score (nSPS) is 10.8. The van der Waals surface area contributed by atoms with Gasteiger partial charge in [0.25, 0.3) is 0 Å². The minimum atomic E-state index is -0.223. The van der Waals surface area contributed by atoms with Gasteiger partial charge in [-0.05, 0) is 54.8 Å². The summed E-state index contributed by atoms with van der Waals surface area (Å²) in [5, 5.41) is 3.38. The fourth-order valence-corrected chi connectivity index (χ4v) is 3.46. The summed E-state index contributed by atoms with van der Waals surface area (Å²) in [6.07, 6.45) is 0. The Labute approximate surface area is 180 Å². The maximum Gasteiger partial charge on any atom is 0.162 e. The monoisotopic (exact) mass is 457 g/mol. The number of aryl methyl sites for hydroxylation is 1. The Balaban J connectivity index is 1.67. The van der Waals surface area contributed by atoms with Crippen LogP contribution in [0.5, 0.6) is 11.5 Å². The van der Waals surface area contributed by atoms with Crippen LogP contribution in [0, 0.1) is 12.7 Å². The van der Waals surface area contributed by atoms with Crippen LogP contribution in [0.15, 0.2) is 65.1 Å². The Kier molecular flexibility index (Phi) is 7.67. The van der Waals surface area contributed by atoms with Crippen LogP contribution in [-0.2, 0) is 19.7 Å². The molecule has 0 atom stereocenters. The second-order valence-corrected chi connectivity index (χ2v) is 7.69. The van der Waals surface area contributed by atoms with Gasteiger partial charge in [-0.1, -0.05) is 57.9 Å². The Morgan fingerprint density at radius 1 is 0.897 bits per heavy atom. The lowest BCUT2D eigenvalue weighted by atomic mass is 10.1. The van der Waals surface area contributed by atoms with Gasteiger partial charge >= 0.3 is 0 Å². The molecule has 3 nitrogen and oxygen atoms in total. The largest absolute Gasteiger partial charge is 0.490 e. The van der Waals surface area contributed by atoms with Crippen molar-refractivity contribution in [2.24, 2.45) is 0 Å². The van der Waals surface area contributed by atoms with Gasteiger partial charge in [0.1, 0.15) is 12.4 Å². The van der Waals surface area contributed by atoms with Gasteiger partial charge in [-0.3, -0.25) is 0 Å². The Morgan fingerprint density at radius 3 is 2.38 bits per heavy atom. The van der Waals surface area contributed by atoms with Gasteiger partial charge in [-0.15, -0.1) is 0 Å². The molecule has 0 radical (unpaired) electrons. The highest BCUT2D eigenvalue weighted by molar-refractivity contribution is 9.10. The zero-order chi connectivity index (χ0) is 20.6. The van der Waals surface area contributed by atoms with Crippen LogP contribution in [0.4, 0.5) is 4.39 Å². The molecule has 0 saturated heterocycles. The average molecular weight is 458 g/mol. The first-order valence-corrected chi connectivity index (χ1v) is 10.4. The van der Waals surface area contributed by atoms with Crippen LogP contribution in [0.2, 0.25) is 0 Å². The zero-order valence-electron chi connectivity index (χ0n) is 16.7.